The number of pyridine rings is 1. The van der Waals surface area contributed by atoms with Crippen LogP contribution in [-0.2, 0) is 11.2 Å². The quantitative estimate of drug-likeness (QED) is 0.505. The summed E-state index contributed by atoms with van der Waals surface area (Å²) < 4.78 is 0. The highest BCUT2D eigenvalue weighted by molar-refractivity contribution is 5.78. The van der Waals surface area contributed by atoms with Crippen LogP contribution in [0.15, 0.2) is 54.9 Å². The van der Waals surface area contributed by atoms with Crippen LogP contribution in [0.1, 0.15) is 12.0 Å². The minimum absolute atomic E-state index is 0.196. The summed E-state index contributed by atoms with van der Waals surface area (Å²) in [5, 5.41) is 3.37. The Balaban J connectivity index is 1.35. The number of amides is 1. The molecule has 9 nitrogen and oxygen atoms in total. The number of carbonyl (C=O) groups is 1. The number of benzene rings is 1. The maximum absolute atomic E-state index is 12.8. The van der Waals surface area contributed by atoms with Crippen molar-refractivity contribution in [3.63, 3.8) is 0 Å². The second-order valence-corrected chi connectivity index (χ2v) is 9.95. The molecular weight excluding hydrogens is 464 g/mol. The van der Waals surface area contributed by atoms with Gasteiger partial charge in [-0.05, 0) is 48.7 Å². The number of nitrogens with zero attached hydrogens (tertiary/aromatic N) is 7. The average molecular weight is 501 g/mol. The van der Waals surface area contributed by atoms with Gasteiger partial charge in [-0.25, -0.2) is 15.0 Å². The summed E-state index contributed by atoms with van der Waals surface area (Å²) in [6.45, 7) is 6.91. The number of aromatic nitrogens is 3. The SMILES string of the molecule is CN1CCCN(C)c2ccc(cn2)-c2ccnc(n2)Nc2cccc(c2)CCN2CCN(CC2)CC1=O. The van der Waals surface area contributed by atoms with Crippen LogP contribution < -0.4 is 10.2 Å². The normalized spacial score (nSPS) is 21.4. The van der Waals surface area contributed by atoms with E-state index in [9.17, 15) is 4.79 Å². The van der Waals surface area contributed by atoms with Crippen LogP contribution in [0, 0.1) is 0 Å². The fourth-order valence-electron chi connectivity index (χ4n) is 4.83. The van der Waals surface area contributed by atoms with Gasteiger partial charge in [-0.3, -0.25) is 9.69 Å². The Morgan fingerprint density at radius 2 is 1.65 bits per heavy atom. The van der Waals surface area contributed by atoms with Crippen molar-refractivity contribution in [2.24, 2.45) is 0 Å². The molecule has 1 fully saturated rings. The Labute approximate surface area is 219 Å². The fourth-order valence-corrected chi connectivity index (χ4v) is 4.83. The number of anilines is 3. The molecule has 1 amide bonds. The lowest BCUT2D eigenvalue weighted by Crippen LogP contribution is -2.50. The maximum atomic E-state index is 12.8. The minimum Gasteiger partial charge on any atom is -0.360 e. The summed E-state index contributed by atoms with van der Waals surface area (Å²) >= 11 is 0. The Hall–Kier alpha value is -3.56. The van der Waals surface area contributed by atoms with Crippen molar-refractivity contribution in [3.8, 4) is 11.3 Å². The van der Waals surface area contributed by atoms with E-state index in [1.165, 1.54) is 5.56 Å². The number of hydrogen-bond donors (Lipinski definition) is 1. The van der Waals surface area contributed by atoms with Crippen LogP contribution in [0.2, 0.25) is 0 Å². The molecule has 0 aliphatic carbocycles. The highest BCUT2D eigenvalue weighted by atomic mass is 16.2. The van der Waals surface area contributed by atoms with Gasteiger partial charge >= 0.3 is 0 Å². The van der Waals surface area contributed by atoms with Gasteiger partial charge in [-0.15, -0.1) is 0 Å². The number of likely N-dealkylation sites (N-methyl/N-ethyl adjacent to an activating group) is 1. The van der Waals surface area contributed by atoms with Gasteiger partial charge in [-0.2, -0.15) is 0 Å². The molecule has 8 bridgehead atoms. The molecule has 5 aliphatic heterocycles. The van der Waals surface area contributed by atoms with Gasteiger partial charge in [0, 0.05) is 83.6 Å². The highest BCUT2D eigenvalue weighted by Crippen LogP contribution is 2.22. The van der Waals surface area contributed by atoms with E-state index in [1.807, 2.05) is 49.5 Å². The third-order valence-electron chi connectivity index (χ3n) is 7.23. The summed E-state index contributed by atoms with van der Waals surface area (Å²) in [4.78, 5) is 35.4. The molecule has 1 saturated heterocycles. The lowest BCUT2D eigenvalue weighted by molar-refractivity contribution is -0.131. The molecule has 2 aromatic heterocycles. The van der Waals surface area contributed by atoms with Crippen molar-refractivity contribution in [2.45, 2.75) is 12.8 Å². The van der Waals surface area contributed by atoms with Crippen molar-refractivity contribution >= 4 is 23.4 Å². The summed E-state index contributed by atoms with van der Waals surface area (Å²) in [7, 11) is 3.95. The average Bonchev–Trinajstić information content (AvgIpc) is 2.92. The van der Waals surface area contributed by atoms with Crippen LogP contribution >= 0.6 is 0 Å². The topological polar surface area (TPSA) is 80.7 Å². The Bertz CT molecular complexity index is 1190. The first-order valence-electron chi connectivity index (χ1n) is 13.1. The third-order valence-corrected chi connectivity index (χ3v) is 7.23. The molecule has 0 saturated carbocycles. The Morgan fingerprint density at radius 3 is 2.46 bits per heavy atom. The Morgan fingerprint density at radius 1 is 0.838 bits per heavy atom. The molecule has 9 heteroatoms. The molecule has 0 spiro atoms. The first-order valence-corrected chi connectivity index (χ1v) is 13.1. The highest BCUT2D eigenvalue weighted by Gasteiger charge is 2.20. The zero-order valence-corrected chi connectivity index (χ0v) is 21.8. The van der Waals surface area contributed by atoms with Gasteiger partial charge < -0.3 is 20.0 Å². The molecule has 0 radical (unpaired) electrons. The number of piperazine rings is 1. The lowest BCUT2D eigenvalue weighted by Gasteiger charge is -2.35. The van der Waals surface area contributed by atoms with Crippen LogP contribution in [0.25, 0.3) is 11.3 Å². The van der Waals surface area contributed by atoms with Gasteiger partial charge in [0.15, 0.2) is 0 Å². The smallest absolute Gasteiger partial charge is 0.236 e. The summed E-state index contributed by atoms with van der Waals surface area (Å²) in [5.41, 5.74) is 4.02. The predicted molar refractivity (Wildman–Crippen MR) is 147 cm³/mol. The van der Waals surface area contributed by atoms with Crippen molar-refractivity contribution < 1.29 is 4.79 Å². The first-order chi connectivity index (χ1) is 18.0. The molecule has 5 aliphatic rings. The van der Waals surface area contributed by atoms with E-state index in [0.717, 1.165) is 81.4 Å². The third kappa shape index (κ3) is 6.61. The van der Waals surface area contributed by atoms with Gasteiger partial charge in [0.2, 0.25) is 11.9 Å². The number of nitrogens with one attached hydrogen (secondary N) is 1. The van der Waals surface area contributed by atoms with E-state index >= 15 is 0 Å². The molecule has 1 N–H and O–H groups in total. The predicted octanol–water partition coefficient (Wildman–Crippen LogP) is 2.74. The molecular formula is C28H36N8O. The Kier molecular flexibility index (Phi) is 7.91. The fraction of sp³-hybridized carbons (Fsp3) is 0.429. The number of hydrogen-bond acceptors (Lipinski definition) is 8. The van der Waals surface area contributed by atoms with Gasteiger partial charge in [0.1, 0.15) is 5.82 Å². The van der Waals surface area contributed by atoms with Crippen LogP contribution in [0.3, 0.4) is 0 Å². The largest absolute Gasteiger partial charge is 0.360 e. The summed E-state index contributed by atoms with van der Waals surface area (Å²) in [5.74, 6) is 1.66. The van der Waals surface area contributed by atoms with Crippen LogP contribution in [0.4, 0.5) is 17.5 Å². The zero-order chi connectivity index (χ0) is 25.6. The number of carbonyl (C=O) groups excluding carboxylic acids is 1. The second-order valence-electron chi connectivity index (χ2n) is 9.95. The molecule has 37 heavy (non-hydrogen) atoms. The van der Waals surface area contributed by atoms with E-state index in [4.69, 9.17) is 4.98 Å². The molecule has 3 aromatic rings. The summed E-state index contributed by atoms with van der Waals surface area (Å²) in [6.07, 6.45) is 5.49. The van der Waals surface area contributed by atoms with E-state index in [0.29, 0.717) is 12.5 Å². The lowest BCUT2D eigenvalue weighted by atomic mass is 10.1. The second kappa shape index (κ2) is 11.7. The first kappa shape index (κ1) is 25.1. The van der Waals surface area contributed by atoms with Crippen molar-refractivity contribution in [3.05, 3.63) is 60.4 Å². The molecule has 7 heterocycles. The molecule has 0 unspecified atom stereocenters. The molecule has 194 valence electrons. The van der Waals surface area contributed by atoms with Crippen molar-refractivity contribution in [1.29, 1.82) is 0 Å². The van der Waals surface area contributed by atoms with Gasteiger partial charge in [0.25, 0.3) is 0 Å². The van der Waals surface area contributed by atoms with Gasteiger partial charge in [-0.1, -0.05) is 12.1 Å². The number of rotatable bonds is 0. The molecule has 1 aromatic carbocycles. The van der Waals surface area contributed by atoms with Crippen LogP contribution in [-0.4, -0.2) is 102 Å². The molecule has 8 rings (SSSR count). The van der Waals surface area contributed by atoms with E-state index in [-0.39, 0.29) is 5.91 Å². The molecule has 0 atom stereocenters. The van der Waals surface area contributed by atoms with Crippen LogP contribution in [0.5, 0.6) is 0 Å². The van der Waals surface area contributed by atoms with E-state index < -0.39 is 0 Å². The summed E-state index contributed by atoms with van der Waals surface area (Å²) in [6, 6.07) is 14.4. The van der Waals surface area contributed by atoms with E-state index in [1.54, 1.807) is 6.20 Å². The van der Waals surface area contributed by atoms with E-state index in [2.05, 4.69) is 48.2 Å². The monoisotopic (exact) mass is 500 g/mol. The van der Waals surface area contributed by atoms with Crippen molar-refractivity contribution in [1.82, 2.24) is 29.7 Å². The minimum atomic E-state index is 0.196. The standard InChI is InChI=1S/C28H36N8O/c1-33-12-4-13-34(2)27(37)21-36-17-15-35(16-18-36)14-10-22-5-3-6-24(19-22)31-28-29-11-9-25(32-28)23-7-8-26(33)30-20-23/h3,5-9,11,19-20H,4,10,12-18,21H2,1-2H3,(H,29,31,32). The maximum Gasteiger partial charge on any atom is 0.236 e. The zero-order valence-electron chi connectivity index (χ0n) is 21.8. The van der Waals surface area contributed by atoms with Crippen molar-refractivity contribution in [2.75, 3.05) is 76.7 Å². The van der Waals surface area contributed by atoms with Gasteiger partial charge in [0.05, 0.1) is 12.2 Å².